The number of aliphatic hydroxyl groups is 1. The lowest BCUT2D eigenvalue weighted by Gasteiger charge is -2.04. The van der Waals surface area contributed by atoms with Gasteiger partial charge >= 0.3 is 6.09 Å². The number of nitrogens with two attached hydrogens (primary N) is 1. The van der Waals surface area contributed by atoms with E-state index < -0.39 is 12.2 Å². The van der Waals surface area contributed by atoms with Gasteiger partial charge in [0.25, 0.3) is 0 Å². The number of rotatable bonds is 3. The van der Waals surface area contributed by atoms with Gasteiger partial charge in [0.1, 0.15) is 12.7 Å². The van der Waals surface area contributed by atoms with E-state index >= 15 is 0 Å². The molecule has 3 N–H and O–H groups in total. The van der Waals surface area contributed by atoms with Crippen molar-refractivity contribution in [3.8, 4) is 0 Å². The van der Waals surface area contributed by atoms with Crippen molar-refractivity contribution in [1.29, 1.82) is 0 Å². The molecular weight excluding hydrogens is 146 g/mol. The molecule has 1 atom stereocenters. The molecule has 0 fully saturated rings. The van der Waals surface area contributed by atoms with E-state index in [-0.39, 0.29) is 12.5 Å². The molecule has 0 aromatic carbocycles. The first-order chi connectivity index (χ1) is 4.16. The molecule has 0 aromatic heterocycles. The Balaban J connectivity index is 3.16. The van der Waals surface area contributed by atoms with Gasteiger partial charge in [-0.3, -0.25) is 0 Å². The molecule has 0 unspecified atom stereocenters. The van der Waals surface area contributed by atoms with Gasteiger partial charge in [-0.1, -0.05) is 0 Å². The van der Waals surface area contributed by atoms with Gasteiger partial charge < -0.3 is 15.6 Å². The van der Waals surface area contributed by atoms with Crippen molar-refractivity contribution in [1.82, 2.24) is 0 Å². The van der Waals surface area contributed by atoms with Crippen molar-refractivity contribution >= 4 is 17.7 Å². The van der Waals surface area contributed by atoms with Gasteiger partial charge in [-0.05, 0) is 0 Å². The maximum Gasteiger partial charge on any atom is 0.404 e. The number of hydrogen-bond donors (Lipinski definition) is 2. The van der Waals surface area contributed by atoms with E-state index in [0.717, 1.165) is 0 Å². The lowest BCUT2D eigenvalue weighted by Crippen LogP contribution is -2.22. The fourth-order valence-electron chi connectivity index (χ4n) is 0.223. The van der Waals surface area contributed by atoms with Gasteiger partial charge in [0.2, 0.25) is 0 Å². The highest BCUT2D eigenvalue weighted by molar-refractivity contribution is 6.18. The van der Waals surface area contributed by atoms with E-state index in [0.29, 0.717) is 0 Å². The molecular formula is C4H8ClNO3. The van der Waals surface area contributed by atoms with Crippen LogP contribution in [0.3, 0.4) is 0 Å². The van der Waals surface area contributed by atoms with E-state index in [9.17, 15) is 4.79 Å². The second-order valence-electron chi connectivity index (χ2n) is 1.44. The fraction of sp³-hybridized carbons (Fsp3) is 0.750. The SMILES string of the molecule is NC(=O)OC[C@@H](O)CCl. The lowest BCUT2D eigenvalue weighted by molar-refractivity contribution is 0.0851. The topological polar surface area (TPSA) is 72.6 Å². The van der Waals surface area contributed by atoms with Crippen molar-refractivity contribution in [3.05, 3.63) is 0 Å². The summed E-state index contributed by atoms with van der Waals surface area (Å²) in [5.74, 6) is 0.0350. The average molecular weight is 154 g/mol. The van der Waals surface area contributed by atoms with Crippen LogP contribution in [-0.4, -0.2) is 29.8 Å². The normalized spacial score (nSPS) is 12.7. The van der Waals surface area contributed by atoms with E-state index in [1.165, 1.54) is 0 Å². The van der Waals surface area contributed by atoms with Crippen molar-refractivity contribution in [3.63, 3.8) is 0 Å². The van der Waals surface area contributed by atoms with Crippen LogP contribution in [0.5, 0.6) is 0 Å². The van der Waals surface area contributed by atoms with Gasteiger partial charge in [-0.15, -0.1) is 11.6 Å². The number of aliphatic hydroxyl groups excluding tert-OH is 1. The predicted octanol–water partition coefficient (Wildman–Crippen LogP) is -0.319. The Kier molecular flexibility index (Phi) is 4.17. The van der Waals surface area contributed by atoms with Crippen LogP contribution in [0, 0.1) is 0 Å². The maximum absolute atomic E-state index is 9.87. The number of ether oxygens (including phenoxy) is 1. The van der Waals surface area contributed by atoms with Crippen LogP contribution in [0.15, 0.2) is 0 Å². The van der Waals surface area contributed by atoms with Crippen LogP contribution in [0.25, 0.3) is 0 Å². The van der Waals surface area contributed by atoms with Crippen LogP contribution in [0.4, 0.5) is 4.79 Å². The minimum absolute atomic E-state index is 0.0350. The van der Waals surface area contributed by atoms with Crippen LogP contribution in [0.2, 0.25) is 0 Å². The minimum Gasteiger partial charge on any atom is -0.447 e. The molecule has 1 amide bonds. The molecule has 5 heteroatoms. The van der Waals surface area contributed by atoms with Crippen molar-refractivity contribution < 1.29 is 14.6 Å². The third-order valence-electron chi connectivity index (χ3n) is 0.596. The molecule has 4 nitrogen and oxygen atoms in total. The Morgan fingerprint density at radius 2 is 2.44 bits per heavy atom. The second-order valence-corrected chi connectivity index (χ2v) is 1.75. The van der Waals surface area contributed by atoms with E-state index in [2.05, 4.69) is 10.5 Å². The molecule has 0 saturated carbocycles. The monoisotopic (exact) mass is 153 g/mol. The highest BCUT2D eigenvalue weighted by Gasteiger charge is 2.02. The summed E-state index contributed by atoms with van der Waals surface area (Å²) in [6.45, 7) is -0.140. The summed E-state index contributed by atoms with van der Waals surface area (Å²) < 4.78 is 4.20. The van der Waals surface area contributed by atoms with Crippen molar-refractivity contribution in [2.45, 2.75) is 6.10 Å². The molecule has 0 aliphatic rings. The summed E-state index contributed by atoms with van der Waals surface area (Å²) in [5.41, 5.74) is 4.58. The third-order valence-corrected chi connectivity index (χ3v) is 0.952. The molecule has 9 heavy (non-hydrogen) atoms. The zero-order chi connectivity index (χ0) is 7.28. The average Bonchev–Trinajstić information content (AvgIpc) is 1.83. The number of carbonyl (C=O) groups is 1. The first kappa shape index (κ1) is 8.52. The summed E-state index contributed by atoms with van der Waals surface area (Å²) in [5, 5.41) is 8.64. The number of hydrogen-bond acceptors (Lipinski definition) is 3. The summed E-state index contributed by atoms with van der Waals surface area (Å²) in [4.78, 5) is 9.87. The number of amides is 1. The van der Waals surface area contributed by atoms with Crippen molar-refractivity contribution in [2.24, 2.45) is 5.73 Å². The van der Waals surface area contributed by atoms with Gasteiger partial charge in [-0.25, -0.2) is 4.79 Å². The Morgan fingerprint density at radius 3 is 2.78 bits per heavy atom. The Hall–Kier alpha value is -0.480. The van der Waals surface area contributed by atoms with Crippen molar-refractivity contribution in [2.75, 3.05) is 12.5 Å². The molecule has 0 saturated heterocycles. The summed E-state index contributed by atoms with van der Waals surface area (Å²) in [6.07, 6.45) is -1.72. The largest absolute Gasteiger partial charge is 0.447 e. The molecule has 0 spiro atoms. The second kappa shape index (κ2) is 4.40. The zero-order valence-electron chi connectivity index (χ0n) is 4.71. The van der Waals surface area contributed by atoms with Crippen LogP contribution in [-0.2, 0) is 4.74 Å². The van der Waals surface area contributed by atoms with Gasteiger partial charge in [0.05, 0.1) is 5.88 Å². The summed E-state index contributed by atoms with van der Waals surface area (Å²) >= 11 is 5.15. The predicted molar refractivity (Wildman–Crippen MR) is 32.3 cm³/mol. The van der Waals surface area contributed by atoms with Gasteiger partial charge in [0, 0.05) is 0 Å². The number of primary amides is 1. The molecule has 0 heterocycles. The standard InChI is InChI=1S/C4H8ClNO3/c5-1-3(7)2-9-4(6)8/h3,7H,1-2H2,(H2,6,8)/t3-/m0/s1. The Bertz CT molecular complexity index is 97.8. The van der Waals surface area contributed by atoms with E-state index in [1.807, 2.05) is 0 Å². The summed E-state index contributed by atoms with van der Waals surface area (Å²) in [6, 6.07) is 0. The number of halogens is 1. The smallest absolute Gasteiger partial charge is 0.404 e. The molecule has 0 aromatic rings. The Morgan fingerprint density at radius 1 is 1.89 bits per heavy atom. The lowest BCUT2D eigenvalue weighted by atomic mass is 10.4. The molecule has 0 bridgehead atoms. The quantitative estimate of drug-likeness (QED) is 0.546. The first-order valence-corrected chi connectivity index (χ1v) is 2.86. The number of carbonyl (C=O) groups excluding carboxylic acids is 1. The van der Waals surface area contributed by atoms with Gasteiger partial charge in [-0.2, -0.15) is 0 Å². The van der Waals surface area contributed by atoms with Gasteiger partial charge in [0.15, 0.2) is 0 Å². The highest BCUT2D eigenvalue weighted by atomic mass is 35.5. The van der Waals surface area contributed by atoms with Crippen LogP contribution in [0.1, 0.15) is 0 Å². The van der Waals surface area contributed by atoms with E-state index in [4.69, 9.17) is 16.7 Å². The fourth-order valence-corrected chi connectivity index (χ4v) is 0.312. The first-order valence-electron chi connectivity index (χ1n) is 2.33. The molecule has 0 radical (unpaired) electrons. The molecule has 54 valence electrons. The number of alkyl halides is 1. The van der Waals surface area contributed by atoms with Crippen LogP contribution >= 0.6 is 11.6 Å². The highest BCUT2D eigenvalue weighted by Crippen LogP contribution is 1.87. The Labute approximate surface area is 57.5 Å². The molecule has 0 aliphatic heterocycles. The summed E-state index contributed by atoms with van der Waals surface area (Å²) in [7, 11) is 0. The zero-order valence-corrected chi connectivity index (χ0v) is 5.47. The minimum atomic E-state index is -0.904. The maximum atomic E-state index is 9.87. The molecule has 0 aliphatic carbocycles. The third kappa shape index (κ3) is 5.39. The van der Waals surface area contributed by atoms with Crippen LogP contribution < -0.4 is 5.73 Å². The van der Waals surface area contributed by atoms with E-state index in [1.54, 1.807) is 0 Å². The molecule has 0 rings (SSSR count).